The minimum Gasteiger partial charge on any atom is -0.469 e. The molecule has 0 aromatic carbocycles. The number of hydrogen-bond donors (Lipinski definition) is 1. The Kier molecular flexibility index (Phi) is 3.78. The van der Waals surface area contributed by atoms with E-state index in [-0.39, 0.29) is 17.8 Å². The molecule has 17 heavy (non-hydrogen) atoms. The van der Waals surface area contributed by atoms with Crippen molar-refractivity contribution in [1.82, 2.24) is 15.1 Å². The van der Waals surface area contributed by atoms with E-state index in [4.69, 9.17) is 4.74 Å². The van der Waals surface area contributed by atoms with Crippen LogP contribution in [0.4, 0.5) is 0 Å². The smallest absolute Gasteiger partial charge is 0.310 e. The second kappa shape index (κ2) is 5.31. The van der Waals surface area contributed by atoms with Crippen LogP contribution in [-0.2, 0) is 16.1 Å². The highest BCUT2D eigenvalue weighted by atomic mass is 16.5. The predicted octanol–water partition coefficient (Wildman–Crippen LogP) is 0.769. The highest BCUT2D eigenvalue weighted by Gasteiger charge is 2.35. The number of nitrogens with zero attached hydrogens (tertiary/aromatic N) is 2. The van der Waals surface area contributed by atoms with E-state index in [0.717, 1.165) is 25.1 Å². The molecule has 1 aliphatic heterocycles. The van der Waals surface area contributed by atoms with Gasteiger partial charge in [0.05, 0.1) is 19.2 Å². The lowest BCUT2D eigenvalue weighted by Gasteiger charge is -2.14. The van der Waals surface area contributed by atoms with Gasteiger partial charge in [-0.25, -0.2) is 0 Å². The molecule has 5 heteroatoms. The van der Waals surface area contributed by atoms with Gasteiger partial charge in [-0.15, -0.1) is 0 Å². The number of methoxy groups -OCH3 is 1. The van der Waals surface area contributed by atoms with Crippen molar-refractivity contribution in [2.75, 3.05) is 20.2 Å². The van der Waals surface area contributed by atoms with E-state index in [2.05, 4.69) is 17.3 Å². The van der Waals surface area contributed by atoms with Crippen LogP contribution in [0.2, 0.25) is 0 Å². The van der Waals surface area contributed by atoms with Gasteiger partial charge in [0.15, 0.2) is 0 Å². The first-order valence-electron chi connectivity index (χ1n) is 6.07. The van der Waals surface area contributed by atoms with E-state index >= 15 is 0 Å². The van der Waals surface area contributed by atoms with Crippen LogP contribution in [0.25, 0.3) is 0 Å². The average molecular weight is 237 g/mol. The SMILES string of the molecule is CCCn1cc(C2CNCC2C(=O)OC)cn1. The Morgan fingerprint density at radius 3 is 3.18 bits per heavy atom. The maximum atomic E-state index is 11.6. The third kappa shape index (κ3) is 2.49. The van der Waals surface area contributed by atoms with E-state index < -0.39 is 0 Å². The number of ether oxygens (including phenoxy) is 1. The Labute approximate surface area is 101 Å². The van der Waals surface area contributed by atoms with Crippen molar-refractivity contribution in [3.05, 3.63) is 18.0 Å². The van der Waals surface area contributed by atoms with Crippen molar-refractivity contribution < 1.29 is 9.53 Å². The molecule has 1 fully saturated rings. The summed E-state index contributed by atoms with van der Waals surface area (Å²) in [6.07, 6.45) is 4.96. The standard InChI is InChI=1S/C12H19N3O2/c1-3-4-15-8-9(5-14-15)10-6-13-7-11(10)12(16)17-2/h5,8,10-11,13H,3-4,6-7H2,1-2H3. The summed E-state index contributed by atoms with van der Waals surface area (Å²) in [7, 11) is 1.44. The van der Waals surface area contributed by atoms with Crippen molar-refractivity contribution in [3.63, 3.8) is 0 Å². The zero-order valence-electron chi connectivity index (χ0n) is 10.3. The second-order valence-corrected chi connectivity index (χ2v) is 4.43. The molecule has 2 atom stereocenters. The molecular weight excluding hydrogens is 218 g/mol. The Morgan fingerprint density at radius 2 is 2.47 bits per heavy atom. The number of aromatic nitrogens is 2. The molecule has 0 radical (unpaired) electrons. The van der Waals surface area contributed by atoms with Crippen LogP contribution in [0.3, 0.4) is 0 Å². The molecule has 0 amide bonds. The molecule has 2 unspecified atom stereocenters. The molecular formula is C12H19N3O2. The van der Waals surface area contributed by atoms with Gasteiger partial charge in [-0.05, 0) is 12.0 Å². The van der Waals surface area contributed by atoms with Crippen LogP contribution < -0.4 is 5.32 Å². The summed E-state index contributed by atoms with van der Waals surface area (Å²) in [6, 6.07) is 0. The molecule has 0 spiro atoms. The molecule has 1 N–H and O–H groups in total. The largest absolute Gasteiger partial charge is 0.469 e. The number of rotatable bonds is 4. The zero-order chi connectivity index (χ0) is 12.3. The summed E-state index contributed by atoms with van der Waals surface area (Å²) in [5.74, 6) is -0.0319. The average Bonchev–Trinajstić information content (AvgIpc) is 2.95. The minimum absolute atomic E-state index is 0.0840. The van der Waals surface area contributed by atoms with E-state index in [1.165, 1.54) is 7.11 Å². The molecule has 1 saturated heterocycles. The van der Waals surface area contributed by atoms with E-state index in [1.807, 2.05) is 17.1 Å². The van der Waals surface area contributed by atoms with Gasteiger partial charge < -0.3 is 10.1 Å². The van der Waals surface area contributed by atoms with Crippen molar-refractivity contribution in [2.24, 2.45) is 5.92 Å². The van der Waals surface area contributed by atoms with Crippen LogP contribution in [0, 0.1) is 5.92 Å². The number of nitrogens with one attached hydrogen (secondary N) is 1. The summed E-state index contributed by atoms with van der Waals surface area (Å²) < 4.78 is 6.77. The molecule has 0 saturated carbocycles. The topological polar surface area (TPSA) is 56.2 Å². The number of carbonyl (C=O) groups is 1. The molecule has 5 nitrogen and oxygen atoms in total. The lowest BCUT2D eigenvalue weighted by atomic mass is 9.91. The summed E-state index contributed by atoms with van der Waals surface area (Å²) in [4.78, 5) is 11.6. The number of aryl methyl sites for hydroxylation is 1. The van der Waals surface area contributed by atoms with Crippen LogP contribution in [0.5, 0.6) is 0 Å². The van der Waals surface area contributed by atoms with Crippen LogP contribution in [-0.4, -0.2) is 35.9 Å². The predicted molar refractivity (Wildman–Crippen MR) is 63.6 cm³/mol. The lowest BCUT2D eigenvalue weighted by Crippen LogP contribution is -2.22. The maximum absolute atomic E-state index is 11.6. The molecule has 1 aromatic heterocycles. The minimum atomic E-state index is -0.136. The van der Waals surface area contributed by atoms with Gasteiger partial charge in [-0.2, -0.15) is 5.10 Å². The molecule has 94 valence electrons. The highest BCUT2D eigenvalue weighted by molar-refractivity contribution is 5.74. The summed E-state index contributed by atoms with van der Waals surface area (Å²) >= 11 is 0. The third-order valence-corrected chi connectivity index (χ3v) is 3.25. The Balaban J connectivity index is 2.11. The molecule has 2 heterocycles. The zero-order valence-corrected chi connectivity index (χ0v) is 10.3. The third-order valence-electron chi connectivity index (χ3n) is 3.25. The molecule has 1 aromatic rings. The van der Waals surface area contributed by atoms with Gasteiger partial charge in [0, 0.05) is 31.7 Å². The number of carbonyl (C=O) groups excluding carboxylic acids is 1. The van der Waals surface area contributed by atoms with Gasteiger partial charge in [0.2, 0.25) is 0 Å². The van der Waals surface area contributed by atoms with E-state index in [0.29, 0.717) is 6.54 Å². The number of hydrogen-bond acceptors (Lipinski definition) is 4. The fraction of sp³-hybridized carbons (Fsp3) is 0.667. The molecule has 1 aliphatic rings. The molecule has 2 rings (SSSR count). The lowest BCUT2D eigenvalue weighted by molar-refractivity contribution is -0.145. The van der Waals surface area contributed by atoms with E-state index in [1.54, 1.807) is 0 Å². The van der Waals surface area contributed by atoms with Gasteiger partial charge in [-0.3, -0.25) is 9.48 Å². The van der Waals surface area contributed by atoms with Crippen molar-refractivity contribution >= 4 is 5.97 Å². The van der Waals surface area contributed by atoms with Crippen LogP contribution >= 0.6 is 0 Å². The van der Waals surface area contributed by atoms with Crippen molar-refractivity contribution in [2.45, 2.75) is 25.8 Å². The molecule has 0 bridgehead atoms. The van der Waals surface area contributed by atoms with E-state index in [9.17, 15) is 4.79 Å². The van der Waals surface area contributed by atoms with Gasteiger partial charge in [0.1, 0.15) is 0 Å². The fourth-order valence-corrected chi connectivity index (χ4v) is 2.35. The van der Waals surface area contributed by atoms with Crippen molar-refractivity contribution in [1.29, 1.82) is 0 Å². The monoisotopic (exact) mass is 237 g/mol. The normalized spacial score (nSPS) is 23.9. The highest BCUT2D eigenvalue weighted by Crippen LogP contribution is 2.28. The van der Waals surface area contributed by atoms with Gasteiger partial charge >= 0.3 is 5.97 Å². The Hall–Kier alpha value is -1.36. The first kappa shape index (κ1) is 12.1. The first-order valence-corrected chi connectivity index (χ1v) is 6.07. The number of esters is 1. The fourth-order valence-electron chi connectivity index (χ4n) is 2.35. The second-order valence-electron chi connectivity index (χ2n) is 4.43. The summed E-state index contributed by atoms with van der Waals surface area (Å²) in [5, 5.41) is 7.55. The van der Waals surface area contributed by atoms with Gasteiger partial charge in [-0.1, -0.05) is 6.92 Å². The van der Waals surface area contributed by atoms with Crippen LogP contribution in [0.1, 0.15) is 24.8 Å². The summed E-state index contributed by atoms with van der Waals surface area (Å²) in [5.41, 5.74) is 1.12. The van der Waals surface area contributed by atoms with Gasteiger partial charge in [0.25, 0.3) is 0 Å². The quantitative estimate of drug-likeness (QED) is 0.786. The molecule has 0 aliphatic carbocycles. The van der Waals surface area contributed by atoms with Crippen LogP contribution in [0.15, 0.2) is 12.4 Å². The Morgan fingerprint density at radius 1 is 1.65 bits per heavy atom. The maximum Gasteiger partial charge on any atom is 0.310 e. The van der Waals surface area contributed by atoms with Crippen molar-refractivity contribution in [3.8, 4) is 0 Å². The summed E-state index contributed by atoms with van der Waals surface area (Å²) in [6.45, 7) is 4.55. The first-order chi connectivity index (χ1) is 8.26. The Bertz CT molecular complexity index is 389.